The predicted molar refractivity (Wildman–Crippen MR) is 101 cm³/mol. The van der Waals surface area contributed by atoms with Crippen molar-refractivity contribution in [3.05, 3.63) is 77.3 Å². The number of nitrogen functional groups attached to an aromatic ring is 1. The van der Waals surface area contributed by atoms with Gasteiger partial charge in [0.1, 0.15) is 6.07 Å². The molecule has 1 aliphatic heterocycles. The van der Waals surface area contributed by atoms with Crippen molar-refractivity contribution in [3.63, 3.8) is 0 Å². The number of carbonyl (C=O) groups excluding carboxylic acids is 1. The number of fused-ring (bicyclic) bond motifs is 2. The number of carbonyl (C=O) groups is 1. The highest BCUT2D eigenvalue weighted by Gasteiger charge is 2.34. The second kappa shape index (κ2) is 5.51. The fourth-order valence-corrected chi connectivity index (χ4v) is 3.47. The van der Waals surface area contributed by atoms with Gasteiger partial charge in [0.2, 0.25) is 0 Å². The van der Waals surface area contributed by atoms with Crippen molar-refractivity contribution < 1.29 is 4.79 Å². The first-order valence-electron chi connectivity index (χ1n) is 8.45. The minimum Gasteiger partial charge on any atom is -0.397 e. The van der Waals surface area contributed by atoms with E-state index in [1.54, 1.807) is 17.0 Å². The molecule has 3 heterocycles. The van der Waals surface area contributed by atoms with E-state index < -0.39 is 0 Å². The van der Waals surface area contributed by atoms with Gasteiger partial charge in [-0.2, -0.15) is 5.26 Å². The molecule has 2 aromatic heterocycles. The number of allylic oxidation sites excluding steroid dienone is 3. The summed E-state index contributed by atoms with van der Waals surface area (Å²) in [5, 5.41) is 9.70. The fraction of sp³-hybridized carbons (Fsp3) is 0.0476. The predicted octanol–water partition coefficient (Wildman–Crippen LogP) is 3.16. The lowest BCUT2D eigenvalue weighted by Crippen LogP contribution is -2.24. The summed E-state index contributed by atoms with van der Waals surface area (Å²) in [6.45, 7) is 0.402. The molecule has 5 rings (SSSR count). The zero-order chi connectivity index (χ0) is 18.5. The summed E-state index contributed by atoms with van der Waals surface area (Å²) >= 11 is 0. The number of benzene rings is 1. The van der Waals surface area contributed by atoms with E-state index in [1.165, 1.54) is 6.20 Å². The molecule has 128 valence electrons. The summed E-state index contributed by atoms with van der Waals surface area (Å²) in [7, 11) is 0. The first-order chi connectivity index (χ1) is 13.2. The SMILES string of the molecule is N#Cc1ccc(-c2cccc3c(N)c4c(nc23)CN(C2=CC=C2)C4=O)nc1. The maximum atomic E-state index is 12.8. The number of para-hydroxylation sites is 1. The summed E-state index contributed by atoms with van der Waals surface area (Å²) in [4.78, 5) is 23.6. The number of nitrogens with two attached hydrogens (primary N) is 1. The van der Waals surface area contributed by atoms with E-state index in [2.05, 4.69) is 11.1 Å². The third-order valence-electron chi connectivity index (χ3n) is 4.91. The largest absolute Gasteiger partial charge is 0.397 e. The Balaban J connectivity index is 1.70. The van der Waals surface area contributed by atoms with E-state index in [4.69, 9.17) is 16.0 Å². The molecule has 0 spiro atoms. The molecule has 0 fully saturated rings. The smallest absolute Gasteiger partial charge is 0.262 e. The standard InChI is InChI=1S/C21H13N5O/c22-9-12-7-8-16(24-10-12)14-5-2-6-15-19(23)18-17(25-20(14)15)11-26(21(18)27)13-3-1-4-13/h1-8,10H,11H2,(H2,23,25). The van der Waals surface area contributed by atoms with Crippen LogP contribution >= 0.6 is 0 Å². The molecule has 0 radical (unpaired) electrons. The Morgan fingerprint density at radius 3 is 2.74 bits per heavy atom. The molecular weight excluding hydrogens is 338 g/mol. The molecule has 27 heavy (non-hydrogen) atoms. The van der Waals surface area contributed by atoms with Crippen molar-refractivity contribution in [2.75, 3.05) is 5.73 Å². The maximum Gasteiger partial charge on any atom is 0.262 e. The number of amides is 1. The van der Waals surface area contributed by atoms with Gasteiger partial charge in [0.25, 0.3) is 5.91 Å². The Kier molecular flexibility index (Phi) is 3.12. The van der Waals surface area contributed by atoms with Gasteiger partial charge in [-0.15, -0.1) is 0 Å². The zero-order valence-electron chi connectivity index (χ0n) is 14.2. The lowest BCUT2D eigenvalue weighted by Gasteiger charge is -2.19. The van der Waals surface area contributed by atoms with Crippen LogP contribution in [0.15, 0.2) is 60.5 Å². The van der Waals surface area contributed by atoms with Crippen LogP contribution in [0.5, 0.6) is 0 Å². The highest BCUT2D eigenvalue weighted by molar-refractivity contribution is 6.11. The van der Waals surface area contributed by atoms with Gasteiger partial charge < -0.3 is 10.6 Å². The van der Waals surface area contributed by atoms with Crippen LogP contribution in [0.25, 0.3) is 22.2 Å². The molecule has 6 nitrogen and oxygen atoms in total. The van der Waals surface area contributed by atoms with Crippen LogP contribution in [0.4, 0.5) is 5.69 Å². The average molecular weight is 351 g/mol. The number of rotatable bonds is 2. The van der Waals surface area contributed by atoms with Crippen LogP contribution < -0.4 is 5.73 Å². The topological polar surface area (TPSA) is 95.9 Å². The lowest BCUT2D eigenvalue weighted by molar-refractivity contribution is 0.0831. The molecule has 0 bridgehead atoms. The number of pyridine rings is 2. The van der Waals surface area contributed by atoms with Crippen LogP contribution in [0, 0.1) is 11.3 Å². The number of hydrogen-bond acceptors (Lipinski definition) is 5. The van der Waals surface area contributed by atoms with E-state index in [9.17, 15) is 4.79 Å². The number of anilines is 1. The van der Waals surface area contributed by atoms with E-state index in [0.29, 0.717) is 40.3 Å². The fourth-order valence-electron chi connectivity index (χ4n) is 3.47. The first-order valence-corrected chi connectivity index (χ1v) is 8.45. The summed E-state index contributed by atoms with van der Waals surface area (Å²) in [5.41, 5.74) is 11.6. The molecule has 0 atom stereocenters. The number of aromatic nitrogens is 2. The summed E-state index contributed by atoms with van der Waals surface area (Å²) < 4.78 is 0. The van der Waals surface area contributed by atoms with Crippen LogP contribution in [0.2, 0.25) is 0 Å². The Hall–Kier alpha value is -3.98. The first kappa shape index (κ1) is 15.3. The molecule has 0 unspecified atom stereocenters. The molecule has 3 aromatic rings. The molecule has 1 aromatic carbocycles. The van der Waals surface area contributed by atoms with Crippen molar-refractivity contribution in [1.29, 1.82) is 5.26 Å². The third kappa shape index (κ3) is 2.15. The van der Waals surface area contributed by atoms with Gasteiger partial charge >= 0.3 is 0 Å². The molecule has 1 aliphatic carbocycles. The van der Waals surface area contributed by atoms with E-state index in [-0.39, 0.29) is 5.91 Å². The molecule has 0 saturated carbocycles. The van der Waals surface area contributed by atoms with Crippen molar-refractivity contribution in [2.45, 2.75) is 6.54 Å². The van der Waals surface area contributed by atoms with Gasteiger partial charge in [0.15, 0.2) is 0 Å². The Morgan fingerprint density at radius 2 is 2.07 bits per heavy atom. The van der Waals surface area contributed by atoms with Crippen molar-refractivity contribution in [1.82, 2.24) is 14.9 Å². The maximum absolute atomic E-state index is 12.8. The van der Waals surface area contributed by atoms with E-state index >= 15 is 0 Å². The van der Waals surface area contributed by atoms with Crippen LogP contribution in [-0.2, 0) is 6.54 Å². The number of hydrogen-bond donors (Lipinski definition) is 1. The Bertz CT molecular complexity index is 1230. The highest BCUT2D eigenvalue weighted by atomic mass is 16.2. The van der Waals surface area contributed by atoms with Crippen LogP contribution in [0.3, 0.4) is 0 Å². The van der Waals surface area contributed by atoms with Gasteiger partial charge in [0, 0.05) is 22.8 Å². The molecule has 1 amide bonds. The number of nitrogens with zero attached hydrogens (tertiary/aromatic N) is 4. The van der Waals surface area contributed by atoms with Gasteiger partial charge in [-0.25, -0.2) is 4.98 Å². The van der Waals surface area contributed by atoms with Crippen molar-refractivity contribution in [3.8, 4) is 17.3 Å². The van der Waals surface area contributed by atoms with Gasteiger partial charge in [-0.1, -0.05) is 24.3 Å². The van der Waals surface area contributed by atoms with Crippen LogP contribution in [0.1, 0.15) is 21.6 Å². The molecular formula is C21H13N5O. The molecule has 2 N–H and O–H groups in total. The van der Waals surface area contributed by atoms with E-state index in [1.807, 2.05) is 36.4 Å². The number of nitriles is 1. The lowest BCUT2D eigenvalue weighted by atomic mass is 10.0. The molecule has 6 heteroatoms. The summed E-state index contributed by atoms with van der Waals surface area (Å²) in [6.07, 6.45) is 7.22. The van der Waals surface area contributed by atoms with Crippen LogP contribution in [-0.4, -0.2) is 20.8 Å². The van der Waals surface area contributed by atoms with Crippen molar-refractivity contribution >= 4 is 22.5 Å². The van der Waals surface area contributed by atoms with Crippen molar-refractivity contribution in [2.24, 2.45) is 0 Å². The van der Waals surface area contributed by atoms with Gasteiger partial charge in [-0.3, -0.25) is 9.78 Å². The zero-order valence-corrected chi connectivity index (χ0v) is 14.2. The molecule has 2 aliphatic rings. The minimum absolute atomic E-state index is 0.116. The van der Waals surface area contributed by atoms with Gasteiger partial charge in [0.05, 0.1) is 40.3 Å². The minimum atomic E-state index is -0.116. The normalized spacial score (nSPS) is 14.7. The monoisotopic (exact) mass is 351 g/mol. The average Bonchev–Trinajstić information content (AvgIpc) is 2.97. The van der Waals surface area contributed by atoms with Gasteiger partial charge in [-0.05, 0) is 24.3 Å². The molecule has 0 saturated heterocycles. The Labute approximate surface area is 154 Å². The second-order valence-electron chi connectivity index (χ2n) is 6.43. The highest BCUT2D eigenvalue weighted by Crippen LogP contribution is 2.37. The Morgan fingerprint density at radius 1 is 1.22 bits per heavy atom. The quantitative estimate of drug-likeness (QED) is 0.765. The third-order valence-corrected chi connectivity index (χ3v) is 4.91. The summed E-state index contributed by atoms with van der Waals surface area (Å²) in [5.74, 6) is -0.116. The summed E-state index contributed by atoms with van der Waals surface area (Å²) in [6, 6.07) is 11.2. The second-order valence-corrected chi connectivity index (χ2v) is 6.43. The van der Waals surface area contributed by atoms with E-state index in [0.717, 1.165) is 16.6 Å².